The lowest BCUT2D eigenvalue weighted by Crippen LogP contribution is -2.63. The monoisotopic (exact) mass is 523 g/mol. The Morgan fingerprint density at radius 3 is 2.61 bits per heavy atom. The molecule has 36 heavy (non-hydrogen) atoms. The Kier molecular flexibility index (Phi) is 7.48. The molecule has 8 N–H and O–H groups in total. The third-order valence-corrected chi connectivity index (χ3v) is 8.70. The molecule has 5 unspecified atom stereocenters. The molecule has 4 aliphatic rings. The number of guanidine groups is 1. The molecule has 3 fully saturated rings. The van der Waals surface area contributed by atoms with Gasteiger partial charge in [-0.25, -0.2) is 4.79 Å². The number of carboxylic acids is 1. The maximum atomic E-state index is 12.9. The average molecular weight is 524 g/mol. The summed E-state index contributed by atoms with van der Waals surface area (Å²) in [7, 11) is 0. The summed E-state index contributed by atoms with van der Waals surface area (Å²) in [6.45, 7) is 5.02. The minimum absolute atomic E-state index is 0.00431. The Morgan fingerprint density at radius 2 is 2.00 bits per heavy atom. The van der Waals surface area contributed by atoms with E-state index in [-0.39, 0.29) is 65.6 Å². The van der Waals surface area contributed by atoms with E-state index < -0.39 is 24.0 Å². The van der Waals surface area contributed by atoms with E-state index in [2.05, 4.69) is 15.6 Å². The second-order valence-electron chi connectivity index (χ2n) is 9.77. The summed E-state index contributed by atoms with van der Waals surface area (Å²) in [6, 6.07) is -0.861. The number of fused-ring (bicyclic) bond motifs is 1. The number of likely N-dealkylation sites (tertiary alicyclic amines) is 1. The van der Waals surface area contributed by atoms with E-state index >= 15 is 0 Å². The van der Waals surface area contributed by atoms with Gasteiger partial charge in [0.2, 0.25) is 17.7 Å². The Morgan fingerprint density at radius 1 is 1.31 bits per heavy atom. The predicted octanol–water partition coefficient (Wildman–Crippen LogP) is -2.41. The van der Waals surface area contributed by atoms with E-state index in [0.29, 0.717) is 31.0 Å². The van der Waals surface area contributed by atoms with E-state index in [1.54, 1.807) is 11.8 Å². The van der Waals surface area contributed by atoms with E-state index in [9.17, 15) is 29.4 Å². The van der Waals surface area contributed by atoms with Crippen LogP contribution in [0, 0.1) is 11.8 Å². The van der Waals surface area contributed by atoms with Crippen molar-refractivity contribution < 1.29 is 29.4 Å². The highest BCUT2D eigenvalue weighted by atomic mass is 32.2. The Balaban J connectivity index is 1.28. The molecule has 0 bridgehead atoms. The number of hydrogen-bond acceptors (Lipinski definition) is 8. The van der Waals surface area contributed by atoms with Gasteiger partial charge in [0.25, 0.3) is 0 Å². The maximum absolute atomic E-state index is 12.9. The molecular formula is C22H33N7O6S. The lowest BCUT2D eigenvalue weighted by Gasteiger charge is -2.46. The van der Waals surface area contributed by atoms with E-state index in [4.69, 9.17) is 11.5 Å². The number of aliphatic carboxylic acids is 1. The highest BCUT2D eigenvalue weighted by molar-refractivity contribution is 8.03. The molecule has 6 atom stereocenters. The molecule has 0 aromatic heterocycles. The Hall–Kier alpha value is -2.84. The van der Waals surface area contributed by atoms with Gasteiger partial charge in [-0.15, -0.1) is 11.8 Å². The van der Waals surface area contributed by atoms with Gasteiger partial charge in [0.05, 0.1) is 36.7 Å². The van der Waals surface area contributed by atoms with Crippen LogP contribution < -0.4 is 22.1 Å². The molecule has 3 amide bonds. The van der Waals surface area contributed by atoms with Crippen molar-refractivity contribution in [2.45, 2.75) is 56.2 Å². The zero-order valence-corrected chi connectivity index (χ0v) is 21.0. The van der Waals surface area contributed by atoms with Crippen LogP contribution in [-0.4, -0.2) is 105 Å². The molecule has 14 heteroatoms. The smallest absolute Gasteiger partial charge is 0.353 e. The van der Waals surface area contributed by atoms with Crippen molar-refractivity contribution in [1.29, 1.82) is 0 Å². The van der Waals surface area contributed by atoms with Crippen LogP contribution in [0.15, 0.2) is 15.6 Å². The summed E-state index contributed by atoms with van der Waals surface area (Å²) in [5.74, 6) is -2.62. The molecule has 13 nitrogen and oxygen atoms in total. The largest absolute Gasteiger partial charge is 0.477 e. The summed E-state index contributed by atoms with van der Waals surface area (Å²) >= 11 is 1.40. The van der Waals surface area contributed by atoms with Crippen LogP contribution in [0.3, 0.4) is 0 Å². The standard InChI is InChI=1S/C22H33N7O6S/c1-9-16-15(10(2)30)20(33)29(16)17(21(34)35)18(9)36-12-5-13(26-6-12)19(32)28-7-11(8-28)27-14(31)3-4-25-22(23)24/h9-13,15-16,26,30H,3-8H2,1-2H3,(H,27,31)(H,34,35)(H4,23,24,25)/t9?,10?,12?,13?,15?,16-/m1/s1. The van der Waals surface area contributed by atoms with E-state index in [0.717, 1.165) is 0 Å². The number of carbonyl (C=O) groups excluding carboxylic acids is 3. The van der Waals surface area contributed by atoms with Gasteiger partial charge in [-0.05, 0) is 13.3 Å². The van der Waals surface area contributed by atoms with Gasteiger partial charge in [-0.3, -0.25) is 19.4 Å². The molecule has 4 heterocycles. The van der Waals surface area contributed by atoms with E-state index in [1.807, 2.05) is 6.92 Å². The first-order valence-corrected chi connectivity index (χ1v) is 12.9. The second kappa shape index (κ2) is 10.3. The van der Waals surface area contributed by atoms with Gasteiger partial charge in [0.15, 0.2) is 5.96 Å². The molecule has 4 aliphatic heterocycles. The minimum atomic E-state index is -1.16. The SMILES string of the molecule is CC(O)C1C(=O)N2C(C(=O)O)=C(SC3CNC(C(=O)N4CC(NC(=O)CCN=C(N)N)C4)C3)C(C)[C@H]12. The van der Waals surface area contributed by atoms with Crippen molar-refractivity contribution in [2.24, 2.45) is 28.3 Å². The van der Waals surface area contributed by atoms with Crippen molar-refractivity contribution in [1.82, 2.24) is 20.4 Å². The van der Waals surface area contributed by atoms with Crippen LogP contribution in [-0.2, 0) is 19.2 Å². The number of amides is 3. The summed E-state index contributed by atoms with van der Waals surface area (Å²) in [5, 5.41) is 25.8. The molecule has 0 aliphatic carbocycles. The zero-order chi connectivity index (χ0) is 26.3. The molecule has 0 spiro atoms. The van der Waals surface area contributed by atoms with Gasteiger partial charge >= 0.3 is 5.97 Å². The first-order chi connectivity index (χ1) is 17.0. The molecule has 0 radical (unpaired) electrons. The van der Waals surface area contributed by atoms with Crippen molar-refractivity contribution in [3.8, 4) is 0 Å². The number of hydrogen-bond donors (Lipinski definition) is 6. The fraction of sp³-hybridized carbons (Fsp3) is 0.682. The van der Waals surface area contributed by atoms with Crippen LogP contribution in [0.4, 0.5) is 0 Å². The topological polar surface area (TPSA) is 204 Å². The number of thioether (sulfide) groups is 1. The minimum Gasteiger partial charge on any atom is -0.477 e. The first kappa shape index (κ1) is 26.2. The highest BCUT2D eigenvalue weighted by Crippen LogP contribution is 2.51. The quantitative estimate of drug-likeness (QED) is 0.107. The summed E-state index contributed by atoms with van der Waals surface area (Å²) in [4.78, 5) is 56.7. The number of nitrogens with two attached hydrogens (primary N) is 2. The number of nitrogens with zero attached hydrogens (tertiary/aromatic N) is 3. The third-order valence-electron chi connectivity index (χ3n) is 7.18. The summed E-state index contributed by atoms with van der Waals surface area (Å²) in [6.07, 6.45) is -0.157. The number of rotatable bonds is 9. The first-order valence-electron chi connectivity index (χ1n) is 12.0. The van der Waals surface area contributed by atoms with Crippen LogP contribution in [0.2, 0.25) is 0 Å². The molecular weight excluding hydrogens is 490 g/mol. The van der Waals surface area contributed by atoms with Crippen molar-refractivity contribution in [3.63, 3.8) is 0 Å². The second-order valence-corrected chi connectivity index (χ2v) is 11.1. The van der Waals surface area contributed by atoms with Crippen LogP contribution in [0.1, 0.15) is 26.7 Å². The molecule has 0 saturated carbocycles. The maximum Gasteiger partial charge on any atom is 0.353 e. The van der Waals surface area contributed by atoms with Crippen molar-refractivity contribution in [3.05, 3.63) is 10.6 Å². The lowest BCUT2D eigenvalue weighted by atomic mass is 9.79. The van der Waals surface area contributed by atoms with Crippen molar-refractivity contribution >= 4 is 41.4 Å². The number of carboxylic acid groups (broad SMARTS) is 1. The predicted molar refractivity (Wildman–Crippen MR) is 131 cm³/mol. The molecule has 4 rings (SSSR count). The highest BCUT2D eigenvalue weighted by Gasteiger charge is 2.60. The molecule has 3 saturated heterocycles. The molecule has 0 aromatic carbocycles. The van der Waals surface area contributed by atoms with Crippen molar-refractivity contribution in [2.75, 3.05) is 26.2 Å². The number of aliphatic hydroxyl groups excluding tert-OH is 1. The zero-order valence-electron chi connectivity index (χ0n) is 20.2. The Bertz CT molecular complexity index is 1010. The van der Waals surface area contributed by atoms with Gasteiger partial charge in [-0.1, -0.05) is 6.92 Å². The lowest BCUT2D eigenvalue weighted by molar-refractivity contribution is -0.163. The average Bonchev–Trinajstić information content (AvgIpc) is 3.31. The van der Waals surface area contributed by atoms with Gasteiger partial charge in [-0.2, -0.15) is 0 Å². The van der Waals surface area contributed by atoms with Gasteiger partial charge in [0, 0.05) is 42.1 Å². The fourth-order valence-corrected chi connectivity index (χ4v) is 6.87. The summed E-state index contributed by atoms with van der Waals surface area (Å²) < 4.78 is 0. The summed E-state index contributed by atoms with van der Waals surface area (Å²) in [5.41, 5.74) is 10.5. The van der Waals surface area contributed by atoms with Crippen LogP contribution in [0.5, 0.6) is 0 Å². The molecule has 0 aromatic rings. The Labute approximate surface area is 212 Å². The fourth-order valence-electron chi connectivity index (χ4n) is 5.40. The van der Waals surface area contributed by atoms with Crippen LogP contribution in [0.25, 0.3) is 0 Å². The number of carbonyl (C=O) groups is 4. The van der Waals surface area contributed by atoms with Gasteiger partial charge in [0.1, 0.15) is 5.70 Å². The van der Waals surface area contributed by atoms with Gasteiger partial charge < -0.3 is 42.1 Å². The van der Waals surface area contributed by atoms with E-state index in [1.165, 1.54) is 16.7 Å². The molecule has 198 valence electrons. The third kappa shape index (κ3) is 4.89. The normalized spacial score (nSPS) is 30.4. The number of aliphatic hydroxyl groups is 1. The number of aliphatic imine (C=N–C) groups is 1. The number of nitrogens with one attached hydrogen (secondary N) is 2. The van der Waals surface area contributed by atoms with Crippen LogP contribution >= 0.6 is 11.8 Å². The number of β-lactam (4-membered cyclic amide) rings is 1.